The fraction of sp³-hybridized carbons (Fsp3) is 0.316. The summed E-state index contributed by atoms with van der Waals surface area (Å²) in [7, 11) is -2.73. The van der Waals surface area contributed by atoms with E-state index in [1.54, 1.807) is 19.9 Å². The zero-order valence-electron chi connectivity index (χ0n) is 15.3. The maximum Gasteiger partial charge on any atom is 0.244 e. The number of benzene rings is 2. The van der Waals surface area contributed by atoms with Crippen LogP contribution >= 0.6 is 0 Å². The first-order valence-corrected chi connectivity index (χ1v) is 9.86. The fourth-order valence-electron chi connectivity index (χ4n) is 2.59. The van der Waals surface area contributed by atoms with E-state index in [2.05, 4.69) is 4.72 Å². The highest BCUT2D eigenvalue weighted by molar-refractivity contribution is 7.89. The number of hydrogen-bond acceptors (Lipinski definition) is 3. The van der Waals surface area contributed by atoms with Gasteiger partial charge in [0.25, 0.3) is 0 Å². The van der Waals surface area contributed by atoms with Crippen LogP contribution in [0.1, 0.15) is 19.4 Å². The van der Waals surface area contributed by atoms with Crippen LogP contribution in [0.25, 0.3) is 0 Å². The SMILES string of the molecule is CC(C)[C@H](NS(=O)(=O)c1ccccc1F)C(=O)N(C)Cc1cccc(F)c1. The van der Waals surface area contributed by atoms with Crippen LogP contribution in [0.4, 0.5) is 8.78 Å². The minimum atomic E-state index is -4.23. The van der Waals surface area contributed by atoms with Gasteiger partial charge in [-0.2, -0.15) is 4.72 Å². The Hall–Kier alpha value is -2.32. The van der Waals surface area contributed by atoms with E-state index < -0.39 is 38.5 Å². The van der Waals surface area contributed by atoms with Gasteiger partial charge in [0.1, 0.15) is 22.6 Å². The Balaban J connectivity index is 2.21. The molecule has 0 aliphatic rings. The zero-order valence-corrected chi connectivity index (χ0v) is 16.1. The van der Waals surface area contributed by atoms with Crippen LogP contribution in [-0.2, 0) is 21.4 Å². The molecule has 5 nitrogen and oxygen atoms in total. The van der Waals surface area contributed by atoms with E-state index in [9.17, 15) is 22.0 Å². The van der Waals surface area contributed by atoms with Crippen molar-refractivity contribution < 1.29 is 22.0 Å². The minimum absolute atomic E-state index is 0.112. The number of hydrogen-bond donors (Lipinski definition) is 1. The molecule has 2 rings (SSSR count). The molecule has 1 atom stereocenters. The van der Waals surface area contributed by atoms with Crippen LogP contribution in [0.5, 0.6) is 0 Å². The summed E-state index contributed by atoms with van der Waals surface area (Å²) in [4.78, 5) is 13.6. The van der Waals surface area contributed by atoms with E-state index in [-0.39, 0.29) is 12.5 Å². The molecule has 0 radical (unpaired) electrons. The Morgan fingerprint density at radius 3 is 2.37 bits per heavy atom. The summed E-state index contributed by atoms with van der Waals surface area (Å²) in [5.74, 6) is -2.19. The van der Waals surface area contributed by atoms with E-state index in [4.69, 9.17) is 0 Å². The van der Waals surface area contributed by atoms with Crippen molar-refractivity contribution in [3.05, 3.63) is 65.7 Å². The van der Waals surface area contributed by atoms with Gasteiger partial charge >= 0.3 is 0 Å². The van der Waals surface area contributed by atoms with Gasteiger partial charge < -0.3 is 4.90 Å². The van der Waals surface area contributed by atoms with E-state index >= 15 is 0 Å². The number of nitrogens with zero attached hydrogens (tertiary/aromatic N) is 1. The van der Waals surface area contributed by atoms with Crippen molar-refractivity contribution in [2.24, 2.45) is 5.92 Å². The summed E-state index contributed by atoms with van der Waals surface area (Å²) in [5, 5.41) is 0. The van der Waals surface area contributed by atoms with Crippen molar-refractivity contribution in [1.82, 2.24) is 9.62 Å². The number of carbonyl (C=O) groups excluding carboxylic acids is 1. The Bertz CT molecular complexity index is 917. The molecule has 0 bridgehead atoms. The molecule has 0 fully saturated rings. The highest BCUT2D eigenvalue weighted by Crippen LogP contribution is 2.17. The number of rotatable bonds is 7. The van der Waals surface area contributed by atoms with E-state index in [0.29, 0.717) is 5.56 Å². The summed E-state index contributed by atoms with van der Waals surface area (Å²) in [5.41, 5.74) is 0.574. The monoisotopic (exact) mass is 396 g/mol. The third-order valence-corrected chi connectivity index (χ3v) is 5.50. The number of halogens is 2. The standard InChI is InChI=1S/C19H22F2N2O3S/c1-13(2)18(22-27(25,26)17-10-5-4-9-16(17)21)19(24)23(3)12-14-7-6-8-15(20)11-14/h4-11,13,18,22H,12H2,1-3H3/t18-/m0/s1. The molecule has 0 heterocycles. The van der Waals surface area contributed by atoms with E-state index in [1.807, 2.05) is 0 Å². The fourth-order valence-corrected chi connectivity index (χ4v) is 4.01. The van der Waals surface area contributed by atoms with Crippen molar-refractivity contribution in [3.63, 3.8) is 0 Å². The highest BCUT2D eigenvalue weighted by atomic mass is 32.2. The quantitative estimate of drug-likeness (QED) is 0.783. The molecule has 146 valence electrons. The second-order valence-corrected chi connectivity index (χ2v) is 8.28. The zero-order chi connectivity index (χ0) is 20.2. The van der Waals surface area contributed by atoms with E-state index in [0.717, 1.165) is 12.1 Å². The molecule has 0 spiro atoms. The number of carbonyl (C=O) groups is 1. The second-order valence-electron chi connectivity index (χ2n) is 6.60. The van der Waals surface area contributed by atoms with Crippen LogP contribution in [0.2, 0.25) is 0 Å². The molecule has 1 N–H and O–H groups in total. The predicted octanol–water partition coefficient (Wildman–Crippen LogP) is 2.93. The third-order valence-electron chi connectivity index (χ3n) is 4.03. The Morgan fingerprint density at radius 1 is 1.11 bits per heavy atom. The second kappa shape index (κ2) is 8.58. The maximum absolute atomic E-state index is 13.9. The average molecular weight is 396 g/mol. The Labute approximate surface area is 158 Å². The predicted molar refractivity (Wildman–Crippen MR) is 98.2 cm³/mol. The van der Waals surface area contributed by atoms with Crippen molar-refractivity contribution in [1.29, 1.82) is 0 Å². The van der Waals surface area contributed by atoms with Gasteiger partial charge in [0.05, 0.1) is 0 Å². The van der Waals surface area contributed by atoms with Crippen LogP contribution < -0.4 is 4.72 Å². The molecule has 2 aromatic carbocycles. The molecule has 0 aromatic heterocycles. The van der Waals surface area contributed by atoms with Crippen molar-refractivity contribution in [2.75, 3.05) is 7.05 Å². The Morgan fingerprint density at radius 2 is 1.78 bits per heavy atom. The first-order valence-electron chi connectivity index (χ1n) is 8.38. The number of amides is 1. The molecule has 0 aliphatic heterocycles. The molecular formula is C19H22F2N2O3S. The lowest BCUT2D eigenvalue weighted by atomic mass is 10.0. The third kappa shape index (κ3) is 5.33. The summed E-state index contributed by atoms with van der Waals surface area (Å²) in [6, 6.07) is 9.67. The molecule has 8 heteroatoms. The molecular weight excluding hydrogens is 374 g/mol. The average Bonchev–Trinajstić information content (AvgIpc) is 2.59. The van der Waals surface area contributed by atoms with Crippen LogP contribution in [-0.4, -0.2) is 32.3 Å². The summed E-state index contributed by atoms with van der Waals surface area (Å²) in [6.45, 7) is 3.48. The van der Waals surface area contributed by atoms with Crippen LogP contribution in [0, 0.1) is 17.6 Å². The first-order chi connectivity index (χ1) is 12.6. The number of sulfonamides is 1. The molecule has 1 amide bonds. The lowest BCUT2D eigenvalue weighted by molar-refractivity contribution is -0.133. The molecule has 0 aliphatic carbocycles. The van der Waals surface area contributed by atoms with Crippen molar-refractivity contribution >= 4 is 15.9 Å². The summed E-state index contributed by atoms with van der Waals surface area (Å²) >= 11 is 0. The van der Waals surface area contributed by atoms with Gasteiger partial charge in [-0.3, -0.25) is 4.79 Å². The summed E-state index contributed by atoms with van der Waals surface area (Å²) in [6.07, 6.45) is 0. The van der Waals surface area contributed by atoms with Gasteiger partial charge in [-0.25, -0.2) is 17.2 Å². The van der Waals surface area contributed by atoms with Crippen molar-refractivity contribution in [2.45, 2.75) is 31.3 Å². The van der Waals surface area contributed by atoms with Gasteiger partial charge in [-0.05, 0) is 35.7 Å². The lowest BCUT2D eigenvalue weighted by Crippen LogP contribution is -2.50. The molecule has 27 heavy (non-hydrogen) atoms. The van der Waals surface area contributed by atoms with Gasteiger partial charge in [0.2, 0.25) is 15.9 Å². The van der Waals surface area contributed by atoms with Crippen LogP contribution in [0.3, 0.4) is 0 Å². The first kappa shape index (κ1) is 21.0. The highest BCUT2D eigenvalue weighted by Gasteiger charge is 2.31. The molecule has 2 aromatic rings. The molecule has 0 unspecified atom stereocenters. The number of likely N-dealkylation sites (N-methyl/N-ethyl adjacent to an activating group) is 1. The van der Waals surface area contributed by atoms with Crippen molar-refractivity contribution in [3.8, 4) is 0 Å². The van der Waals surface area contributed by atoms with E-state index in [1.165, 1.54) is 42.3 Å². The van der Waals surface area contributed by atoms with Gasteiger partial charge in [-0.1, -0.05) is 38.1 Å². The van der Waals surface area contributed by atoms with Gasteiger partial charge in [0, 0.05) is 13.6 Å². The lowest BCUT2D eigenvalue weighted by Gasteiger charge is -2.27. The minimum Gasteiger partial charge on any atom is -0.340 e. The largest absolute Gasteiger partial charge is 0.340 e. The topological polar surface area (TPSA) is 66.5 Å². The Kier molecular flexibility index (Phi) is 6.67. The molecule has 0 saturated carbocycles. The maximum atomic E-state index is 13.9. The van der Waals surface area contributed by atoms with Gasteiger partial charge in [0.15, 0.2) is 0 Å². The summed E-state index contributed by atoms with van der Waals surface area (Å²) < 4.78 is 54.5. The normalized spacial score (nSPS) is 12.8. The molecule has 0 saturated heterocycles. The van der Waals surface area contributed by atoms with Crippen LogP contribution in [0.15, 0.2) is 53.4 Å². The number of nitrogens with one attached hydrogen (secondary N) is 1. The van der Waals surface area contributed by atoms with Gasteiger partial charge in [-0.15, -0.1) is 0 Å². The smallest absolute Gasteiger partial charge is 0.244 e.